The van der Waals surface area contributed by atoms with Gasteiger partial charge in [0.05, 0.1) is 13.2 Å². The number of unbranched alkanes of at least 4 members (excludes halogenated alkanes) is 1. The predicted molar refractivity (Wildman–Crippen MR) is 237 cm³/mol. The second kappa shape index (κ2) is 27.3. The predicted octanol–water partition coefficient (Wildman–Crippen LogP) is 15.5. The summed E-state index contributed by atoms with van der Waals surface area (Å²) in [4.78, 5) is 0. The summed E-state index contributed by atoms with van der Waals surface area (Å²) in [6.07, 6.45) is 3.57. The molecule has 0 aliphatic carbocycles. The lowest BCUT2D eigenvalue weighted by Crippen LogP contribution is -2.29. The molecule has 0 radical (unpaired) electrons. The first-order valence-electron chi connectivity index (χ1n) is 21.2. The quantitative estimate of drug-likeness (QED) is 0.108. The molecule has 0 saturated heterocycles. The Morgan fingerprint density at radius 3 is 1.23 bits per heavy atom. The number of aryl methyl sites for hydroxylation is 1. The van der Waals surface area contributed by atoms with Crippen LogP contribution in [0.25, 0.3) is 0 Å². The number of benzene rings is 4. The summed E-state index contributed by atoms with van der Waals surface area (Å²) in [5.74, 6) is -2.99. The number of hydrogen-bond donors (Lipinski definition) is 1. The van der Waals surface area contributed by atoms with Crippen LogP contribution in [0.4, 0.5) is 17.6 Å². The molecule has 0 unspecified atom stereocenters. The molecule has 1 N–H and O–H groups in total. The van der Waals surface area contributed by atoms with Crippen LogP contribution in [-0.4, -0.2) is 25.0 Å². The molecule has 318 valence electrons. The normalized spacial score (nSPS) is 11.5. The second-order valence-electron chi connectivity index (χ2n) is 16.4. The molecule has 0 atom stereocenters. The Bertz CT molecular complexity index is 1520. The first-order valence-corrected chi connectivity index (χ1v) is 21.2. The zero-order valence-corrected chi connectivity index (χ0v) is 37.3. The molecule has 0 amide bonds. The maximum absolute atomic E-state index is 13.1. The minimum Gasteiger partial charge on any atom is -0.377 e. The zero-order chi connectivity index (χ0) is 43.0. The van der Waals surface area contributed by atoms with E-state index in [0.29, 0.717) is 35.8 Å². The van der Waals surface area contributed by atoms with Gasteiger partial charge in [-0.25, -0.2) is 17.6 Å². The summed E-state index contributed by atoms with van der Waals surface area (Å²) >= 11 is 0. The van der Waals surface area contributed by atoms with Crippen LogP contribution in [0.1, 0.15) is 171 Å². The highest BCUT2D eigenvalue weighted by molar-refractivity contribution is 5.27. The number of hydrogen-bond acceptors (Lipinski definition) is 2. The third-order valence-electron chi connectivity index (χ3n) is 9.62. The van der Waals surface area contributed by atoms with Crippen LogP contribution in [0, 0.1) is 0 Å². The molecule has 0 saturated carbocycles. The van der Waals surface area contributed by atoms with Gasteiger partial charge in [0.1, 0.15) is 0 Å². The van der Waals surface area contributed by atoms with Crippen LogP contribution in [0.15, 0.2) is 97.1 Å². The van der Waals surface area contributed by atoms with Gasteiger partial charge in [-0.3, -0.25) is 0 Å². The first-order chi connectivity index (χ1) is 26.8. The van der Waals surface area contributed by atoms with Gasteiger partial charge in [0.15, 0.2) is 0 Å². The van der Waals surface area contributed by atoms with Gasteiger partial charge in [-0.1, -0.05) is 173 Å². The van der Waals surface area contributed by atoms with Crippen molar-refractivity contribution in [3.8, 4) is 0 Å². The van der Waals surface area contributed by atoms with Crippen molar-refractivity contribution < 1.29 is 22.3 Å². The third-order valence-corrected chi connectivity index (χ3v) is 9.62. The molecule has 4 aromatic carbocycles. The van der Waals surface area contributed by atoms with Crippen molar-refractivity contribution >= 4 is 0 Å². The van der Waals surface area contributed by atoms with Crippen LogP contribution in [-0.2, 0) is 30.7 Å². The topological polar surface area (TPSA) is 21.3 Å². The fraction of sp³-hybridized carbons (Fsp3) is 0.529. The summed E-state index contributed by atoms with van der Waals surface area (Å²) in [7, 11) is 0. The lowest BCUT2D eigenvalue weighted by Gasteiger charge is -2.14. The van der Waals surface area contributed by atoms with Crippen molar-refractivity contribution in [1.29, 1.82) is 0 Å². The molecule has 4 rings (SSSR count). The highest BCUT2D eigenvalue weighted by Gasteiger charge is 2.26. The second-order valence-corrected chi connectivity index (χ2v) is 16.4. The van der Waals surface area contributed by atoms with Gasteiger partial charge in [-0.2, -0.15) is 0 Å². The van der Waals surface area contributed by atoms with E-state index in [2.05, 4.69) is 116 Å². The zero-order valence-electron chi connectivity index (χ0n) is 37.3. The van der Waals surface area contributed by atoms with Crippen molar-refractivity contribution in [2.75, 3.05) is 13.2 Å². The molecule has 0 fully saturated rings. The van der Waals surface area contributed by atoms with Crippen molar-refractivity contribution in [2.45, 2.75) is 164 Å². The van der Waals surface area contributed by atoms with Crippen LogP contribution in [0.5, 0.6) is 0 Å². The molecular weight excluding hydrogens is 719 g/mol. The minimum absolute atomic E-state index is 0.0983. The van der Waals surface area contributed by atoms with E-state index in [-0.39, 0.29) is 19.4 Å². The summed E-state index contributed by atoms with van der Waals surface area (Å²) < 4.78 is 56.6. The van der Waals surface area contributed by atoms with Gasteiger partial charge < -0.3 is 10.1 Å². The summed E-state index contributed by atoms with van der Waals surface area (Å²) in [5, 5.41) is 2.74. The Morgan fingerprint density at radius 1 is 0.526 bits per heavy atom. The molecule has 0 aliphatic heterocycles. The molecule has 6 heteroatoms. The standard InChI is InChI=1S/C13H19F2N.C13H18F2.C13H20.C12H18O/c1-10(2)12-6-4-11(5-7-12)8-16-9-13(3,14)15;1-4-13(14,15)9-11-5-7-12(8-6-11)10(2)3;1-4-5-6-12-7-9-13(10-8-12)11(2)3;1-4-13-9-11-5-7-12(8-6-11)10(2)3/h4-7,10,16H,8-9H2,1-3H3;5-8,10H,4,9H2,1-3H3;7-11H,4-6H2,1-3H3;5-8,10H,4,9H2,1-3H3. The summed E-state index contributed by atoms with van der Waals surface area (Å²) in [5.41, 5.74) is 9.78. The molecule has 4 aromatic rings. The third kappa shape index (κ3) is 23.5. The van der Waals surface area contributed by atoms with E-state index in [1.165, 1.54) is 59.6 Å². The highest BCUT2D eigenvalue weighted by Crippen LogP contribution is 2.25. The molecular formula is C51H75F4NO. The number of halogens is 4. The Morgan fingerprint density at radius 2 is 0.895 bits per heavy atom. The van der Waals surface area contributed by atoms with Crippen molar-refractivity contribution in [3.63, 3.8) is 0 Å². The Kier molecular flexibility index (Phi) is 24.6. The first kappa shape index (κ1) is 51.5. The summed E-state index contributed by atoms with van der Waals surface area (Å²) in [6, 6.07) is 33.2. The van der Waals surface area contributed by atoms with E-state index < -0.39 is 11.8 Å². The van der Waals surface area contributed by atoms with Crippen molar-refractivity contribution in [2.24, 2.45) is 0 Å². The lowest BCUT2D eigenvalue weighted by molar-refractivity contribution is -0.00222. The number of ether oxygens (including phenoxy) is 1. The van der Waals surface area contributed by atoms with Crippen molar-refractivity contribution in [1.82, 2.24) is 5.32 Å². The smallest absolute Gasteiger partial charge is 0.257 e. The van der Waals surface area contributed by atoms with Gasteiger partial charge in [-0.05, 0) is 87.9 Å². The van der Waals surface area contributed by atoms with Gasteiger partial charge in [0.25, 0.3) is 11.8 Å². The molecule has 0 aromatic heterocycles. The molecule has 0 aliphatic rings. The molecule has 0 bridgehead atoms. The van der Waals surface area contributed by atoms with Gasteiger partial charge in [0, 0.05) is 32.9 Å². The maximum Gasteiger partial charge on any atom is 0.257 e. The van der Waals surface area contributed by atoms with Gasteiger partial charge in [-0.15, -0.1) is 0 Å². The highest BCUT2D eigenvalue weighted by atomic mass is 19.3. The van der Waals surface area contributed by atoms with Gasteiger partial charge in [0.2, 0.25) is 0 Å². The van der Waals surface area contributed by atoms with E-state index in [0.717, 1.165) is 25.7 Å². The molecule has 2 nitrogen and oxygen atoms in total. The maximum atomic E-state index is 13.1. The van der Waals surface area contributed by atoms with E-state index in [4.69, 9.17) is 4.74 Å². The van der Waals surface area contributed by atoms with Crippen LogP contribution in [0.2, 0.25) is 0 Å². The van der Waals surface area contributed by atoms with Crippen molar-refractivity contribution in [3.05, 3.63) is 142 Å². The SMILES string of the molecule is CC(C)c1ccc(CNCC(C)(F)F)cc1.CCC(F)(F)Cc1ccc(C(C)C)cc1.CCCCc1ccc(C(C)C)cc1.CCOCc1ccc(C(C)C)cc1. The van der Waals surface area contributed by atoms with Crippen LogP contribution < -0.4 is 5.32 Å². The number of rotatable bonds is 17. The van der Waals surface area contributed by atoms with Gasteiger partial charge >= 0.3 is 0 Å². The van der Waals surface area contributed by atoms with E-state index in [1.807, 2.05) is 43.3 Å². The fourth-order valence-electron chi connectivity index (χ4n) is 5.56. The number of alkyl halides is 4. The largest absolute Gasteiger partial charge is 0.377 e. The Hall–Kier alpha value is -3.48. The lowest BCUT2D eigenvalue weighted by atomic mass is 9.99. The summed E-state index contributed by atoms with van der Waals surface area (Å²) in [6.45, 7) is 25.7. The average Bonchev–Trinajstić information content (AvgIpc) is 3.17. The average molecular weight is 794 g/mol. The van der Waals surface area contributed by atoms with E-state index in [1.54, 1.807) is 12.1 Å². The minimum atomic E-state index is -2.64. The van der Waals surface area contributed by atoms with E-state index >= 15 is 0 Å². The molecule has 57 heavy (non-hydrogen) atoms. The Balaban J connectivity index is 0.000000381. The molecule has 0 spiro atoms. The number of nitrogens with one attached hydrogen (secondary N) is 1. The van der Waals surface area contributed by atoms with E-state index in [9.17, 15) is 17.6 Å². The fourth-order valence-corrected chi connectivity index (χ4v) is 5.56. The monoisotopic (exact) mass is 794 g/mol. The van der Waals surface area contributed by atoms with Crippen LogP contribution in [0.3, 0.4) is 0 Å². The molecule has 0 heterocycles. The Labute approximate surface area is 345 Å². The van der Waals surface area contributed by atoms with Crippen LogP contribution >= 0.6 is 0 Å².